The van der Waals surface area contributed by atoms with Crippen LogP contribution in [0.25, 0.3) is 0 Å². The molecule has 6 aliphatic rings. The average molecular weight is 438 g/mol. The largest absolute Gasteiger partial charge is 0.386 e. The van der Waals surface area contributed by atoms with Gasteiger partial charge in [0.25, 0.3) is 0 Å². The van der Waals surface area contributed by atoms with Gasteiger partial charge in [-0.25, -0.2) is 0 Å². The lowest BCUT2D eigenvalue weighted by molar-refractivity contribution is -0.339. The van der Waals surface area contributed by atoms with Gasteiger partial charge < -0.3 is 29.2 Å². The topological polar surface area (TPSA) is 80.6 Å². The Morgan fingerprint density at radius 3 is 2.39 bits per heavy atom. The molecule has 31 heavy (non-hydrogen) atoms. The fourth-order valence-corrected chi connectivity index (χ4v) is 10.6. The molecular weight excluding hydrogens is 398 g/mol. The van der Waals surface area contributed by atoms with Crippen LogP contribution in [-0.4, -0.2) is 97.8 Å². The number of ether oxygens (including phenoxy) is 4. The summed E-state index contributed by atoms with van der Waals surface area (Å²) >= 11 is 0. The van der Waals surface area contributed by atoms with Crippen LogP contribution in [0, 0.1) is 29.1 Å². The molecule has 7 bridgehead atoms. The number of likely N-dealkylation sites (tertiary alicyclic amines) is 1. The van der Waals surface area contributed by atoms with E-state index in [0.717, 1.165) is 38.8 Å². The second kappa shape index (κ2) is 6.44. The second-order valence-electron chi connectivity index (χ2n) is 11.3. The Morgan fingerprint density at radius 1 is 1.00 bits per heavy atom. The molecule has 1 saturated heterocycles. The molecule has 0 aromatic carbocycles. The highest BCUT2D eigenvalue weighted by molar-refractivity contribution is 5.38. The highest BCUT2D eigenvalue weighted by Crippen LogP contribution is 2.79. The monoisotopic (exact) mass is 437 g/mol. The quantitative estimate of drug-likeness (QED) is 0.666. The molecule has 0 aromatic heterocycles. The first kappa shape index (κ1) is 21.3. The number of likely N-dealkylation sites (N-methyl/N-ethyl adjacent to an activating group) is 1. The molecule has 5 saturated carbocycles. The van der Waals surface area contributed by atoms with Crippen molar-refractivity contribution < 1.29 is 29.2 Å². The molecule has 7 nitrogen and oxygen atoms in total. The predicted molar refractivity (Wildman–Crippen MR) is 113 cm³/mol. The first-order valence-electron chi connectivity index (χ1n) is 12.2. The van der Waals surface area contributed by atoms with E-state index in [4.69, 9.17) is 18.9 Å². The molecule has 1 spiro atoms. The molecule has 176 valence electrons. The smallest absolute Gasteiger partial charge is 0.124 e. The van der Waals surface area contributed by atoms with E-state index in [9.17, 15) is 10.2 Å². The van der Waals surface area contributed by atoms with Gasteiger partial charge in [0.05, 0.1) is 23.9 Å². The van der Waals surface area contributed by atoms with Crippen molar-refractivity contribution in [2.45, 2.75) is 80.2 Å². The lowest BCUT2D eigenvalue weighted by Crippen LogP contribution is -2.83. The molecule has 0 amide bonds. The molecular formula is C24H39NO6. The number of methoxy groups -OCH3 is 4. The molecule has 0 aromatic rings. The maximum Gasteiger partial charge on any atom is 0.124 e. The summed E-state index contributed by atoms with van der Waals surface area (Å²) in [5.41, 5.74) is -3.03. The molecule has 5 aliphatic carbocycles. The zero-order valence-electron chi connectivity index (χ0n) is 19.5. The fraction of sp³-hybridized carbons (Fsp3) is 1.00. The Hall–Kier alpha value is -0.280. The molecule has 6 fully saturated rings. The van der Waals surface area contributed by atoms with Crippen molar-refractivity contribution in [2.24, 2.45) is 29.1 Å². The number of rotatable bonds is 5. The summed E-state index contributed by atoms with van der Waals surface area (Å²) in [6, 6.07) is 0.179. The van der Waals surface area contributed by atoms with Gasteiger partial charge in [0, 0.05) is 70.6 Å². The van der Waals surface area contributed by atoms with E-state index in [1.165, 1.54) is 0 Å². The molecule has 2 N–H and O–H groups in total. The highest BCUT2D eigenvalue weighted by Gasteiger charge is 2.88. The number of fused-ring (bicyclic) bond motifs is 2. The van der Waals surface area contributed by atoms with Gasteiger partial charge in [0.1, 0.15) is 11.2 Å². The van der Waals surface area contributed by atoms with Crippen molar-refractivity contribution in [3.63, 3.8) is 0 Å². The first-order chi connectivity index (χ1) is 14.8. The van der Waals surface area contributed by atoms with Crippen LogP contribution in [0.3, 0.4) is 0 Å². The standard InChI is InChI=1S/C24H39NO6/c1-6-25-12-21(31-5)8-7-18(29-3)23-16(21)10-14(19(23)25)22(26)11-15(28-2)13-9-17(23)24(22,27)20(13)30-4/h13-20,26-27H,6-12H2,1-5H3/t13-,14+,15+,16-,17-,18+,19-,20+,21-,22+,23?,24+/m1/s1. The Bertz CT molecular complexity index is 766. The van der Waals surface area contributed by atoms with E-state index < -0.39 is 17.3 Å². The van der Waals surface area contributed by atoms with Gasteiger partial charge >= 0.3 is 0 Å². The Kier molecular flexibility index (Phi) is 4.41. The Morgan fingerprint density at radius 2 is 1.77 bits per heavy atom. The highest BCUT2D eigenvalue weighted by atomic mass is 16.5. The van der Waals surface area contributed by atoms with Crippen molar-refractivity contribution in [1.82, 2.24) is 4.90 Å². The summed E-state index contributed by atoms with van der Waals surface area (Å²) in [6.07, 6.45) is 3.54. The molecule has 0 radical (unpaired) electrons. The van der Waals surface area contributed by atoms with Crippen molar-refractivity contribution in [3.8, 4) is 0 Å². The summed E-state index contributed by atoms with van der Waals surface area (Å²) in [6.45, 7) is 4.02. The van der Waals surface area contributed by atoms with Gasteiger partial charge in [0.15, 0.2) is 0 Å². The SMILES string of the molecule is CCN1C[C@]2(OC)CC[C@H](OC)C34[C@H]5C[C@@H]6[C@@H](OC)C[C@](O)([C@@H](C[C@@H]32)[C@@H]14)[C@@]5(O)[C@H]6OC. The van der Waals surface area contributed by atoms with E-state index in [1.54, 1.807) is 14.2 Å². The predicted octanol–water partition coefficient (Wildman–Crippen LogP) is 1.05. The van der Waals surface area contributed by atoms with E-state index in [-0.39, 0.29) is 52.9 Å². The zero-order chi connectivity index (χ0) is 22.0. The van der Waals surface area contributed by atoms with Gasteiger partial charge in [-0.1, -0.05) is 6.92 Å². The van der Waals surface area contributed by atoms with Crippen molar-refractivity contribution >= 4 is 0 Å². The van der Waals surface area contributed by atoms with E-state index in [0.29, 0.717) is 6.42 Å². The third-order valence-electron chi connectivity index (χ3n) is 11.3. The number of hydrogen-bond acceptors (Lipinski definition) is 7. The minimum Gasteiger partial charge on any atom is -0.386 e. The summed E-state index contributed by atoms with van der Waals surface area (Å²) < 4.78 is 24.6. The summed E-state index contributed by atoms with van der Waals surface area (Å²) in [4.78, 5) is 2.55. The third-order valence-corrected chi connectivity index (χ3v) is 11.3. The maximum atomic E-state index is 12.6. The number of piperidine rings is 1. The van der Waals surface area contributed by atoms with Crippen LogP contribution in [0.5, 0.6) is 0 Å². The summed E-state index contributed by atoms with van der Waals surface area (Å²) in [5.74, 6) is 0.178. The van der Waals surface area contributed by atoms with Gasteiger partial charge in [-0.2, -0.15) is 0 Å². The average Bonchev–Trinajstić information content (AvgIpc) is 3.19. The van der Waals surface area contributed by atoms with Crippen LogP contribution >= 0.6 is 0 Å². The number of nitrogens with zero attached hydrogens (tertiary/aromatic N) is 1. The van der Waals surface area contributed by atoms with Crippen LogP contribution in [0.1, 0.15) is 39.0 Å². The summed E-state index contributed by atoms with van der Waals surface area (Å²) in [5, 5.41) is 25.1. The summed E-state index contributed by atoms with van der Waals surface area (Å²) in [7, 11) is 7.10. The number of aliphatic hydroxyl groups is 2. The van der Waals surface area contributed by atoms with Crippen LogP contribution < -0.4 is 0 Å². The van der Waals surface area contributed by atoms with E-state index in [2.05, 4.69) is 11.8 Å². The van der Waals surface area contributed by atoms with Crippen molar-refractivity contribution in [3.05, 3.63) is 0 Å². The van der Waals surface area contributed by atoms with Crippen LogP contribution in [0.4, 0.5) is 0 Å². The van der Waals surface area contributed by atoms with E-state index in [1.807, 2.05) is 14.2 Å². The first-order valence-corrected chi connectivity index (χ1v) is 12.2. The second-order valence-corrected chi connectivity index (χ2v) is 11.3. The van der Waals surface area contributed by atoms with Crippen LogP contribution in [0.2, 0.25) is 0 Å². The van der Waals surface area contributed by atoms with Gasteiger partial charge in [-0.15, -0.1) is 0 Å². The van der Waals surface area contributed by atoms with Gasteiger partial charge in [-0.3, -0.25) is 4.90 Å². The molecule has 1 unspecified atom stereocenters. The minimum absolute atomic E-state index is 0.0431. The Balaban J connectivity index is 1.63. The maximum absolute atomic E-state index is 12.6. The lowest BCUT2D eigenvalue weighted by atomic mass is 9.44. The van der Waals surface area contributed by atoms with Crippen LogP contribution in [-0.2, 0) is 18.9 Å². The fourth-order valence-electron chi connectivity index (χ4n) is 10.6. The van der Waals surface area contributed by atoms with Crippen molar-refractivity contribution in [2.75, 3.05) is 41.5 Å². The molecule has 12 atom stereocenters. The minimum atomic E-state index is -1.29. The van der Waals surface area contributed by atoms with Crippen molar-refractivity contribution in [1.29, 1.82) is 0 Å². The normalized spacial score (nSPS) is 61.6. The molecule has 1 aliphatic heterocycles. The molecule has 6 rings (SSSR count). The lowest BCUT2D eigenvalue weighted by Gasteiger charge is -2.70. The molecule has 7 heteroatoms. The number of hydrogen-bond donors (Lipinski definition) is 2. The van der Waals surface area contributed by atoms with E-state index >= 15 is 0 Å². The third kappa shape index (κ3) is 1.97. The Labute approximate surface area is 185 Å². The van der Waals surface area contributed by atoms with Gasteiger partial charge in [0.2, 0.25) is 0 Å². The zero-order valence-corrected chi connectivity index (χ0v) is 19.5. The van der Waals surface area contributed by atoms with Crippen LogP contribution in [0.15, 0.2) is 0 Å². The van der Waals surface area contributed by atoms with Gasteiger partial charge in [-0.05, 0) is 38.1 Å². The molecule has 1 heterocycles.